The molecule has 2 heterocycles. The second-order valence-electron chi connectivity index (χ2n) is 10.3. The highest BCUT2D eigenvalue weighted by molar-refractivity contribution is 5.33. The van der Waals surface area contributed by atoms with Gasteiger partial charge in [-0.25, -0.2) is 0 Å². The van der Waals surface area contributed by atoms with Gasteiger partial charge in [0.2, 0.25) is 29.5 Å². The number of methoxy groups -OCH3 is 1. The maximum Gasteiger partial charge on any atom is 0.451 e. The summed E-state index contributed by atoms with van der Waals surface area (Å²) in [6.45, 7) is 0. The summed E-state index contributed by atoms with van der Waals surface area (Å²) in [5, 5.41) is 1.88. The molecular weight excluding hydrogens is 744 g/mol. The average Bonchev–Trinajstić information content (AvgIpc) is 3.04. The van der Waals surface area contributed by atoms with Gasteiger partial charge >= 0.3 is 30.7 Å². The van der Waals surface area contributed by atoms with E-state index in [2.05, 4.69) is 34.6 Å². The Balaban J connectivity index is 0.000000427. The van der Waals surface area contributed by atoms with Gasteiger partial charge in [0.15, 0.2) is 0 Å². The lowest BCUT2D eigenvalue weighted by Crippen LogP contribution is -2.37. The molecule has 2 aromatic carbocycles. The molecule has 4 aromatic rings. The van der Waals surface area contributed by atoms with Crippen LogP contribution in [0.2, 0.25) is 0 Å². The van der Waals surface area contributed by atoms with Gasteiger partial charge in [-0.15, -0.1) is 0 Å². The second kappa shape index (κ2) is 19.6. The molecule has 0 bridgehead atoms. The Kier molecular flexibility index (Phi) is 16.9. The molecule has 294 valence electrons. The van der Waals surface area contributed by atoms with Crippen LogP contribution in [0.5, 0.6) is 6.01 Å². The zero-order valence-electron chi connectivity index (χ0n) is 26.6. The monoisotopic (exact) mass is 778 g/mol. The summed E-state index contributed by atoms with van der Waals surface area (Å²) in [5.74, 6) is -5.26. The molecule has 0 aliphatic carbocycles. The SMILES string of the molecule is C.COc1nc(N)nc(C(F)(F)F)n1.NC(CCc1ccccc1)C(F)(F)F.Nc1nc(NC(CCc2ccccc2)C(F)(F)F)nc(C(F)(F)F)n1. The van der Waals surface area contributed by atoms with Crippen LogP contribution in [0.25, 0.3) is 0 Å². The smallest absolute Gasteiger partial charge is 0.451 e. The lowest BCUT2D eigenvalue weighted by Gasteiger charge is -2.22. The standard InChI is InChI=1S/C14H13F6N5.C10H12F3N.C5H5F3N4O.CH4/c15-13(16,17)9(7-6-8-4-2-1-3-5-8)22-12-24-10(14(18,19)20)23-11(21)25-12;11-10(12,13)9(14)7-6-8-4-2-1-3-5-8;1-13-4-11-2(5(6,7)8)10-3(9)12-4;/h1-5,9H,6-7H2,(H3,21,22,23,24,25);1-5,9H,6-7,14H2;1H3,(H2,9,10,11,12);1H4. The number of aromatic nitrogens is 6. The van der Waals surface area contributed by atoms with Gasteiger partial charge in [-0.1, -0.05) is 68.1 Å². The Morgan fingerprint density at radius 1 is 0.604 bits per heavy atom. The van der Waals surface area contributed by atoms with Gasteiger partial charge in [0, 0.05) is 0 Å². The number of anilines is 3. The summed E-state index contributed by atoms with van der Waals surface area (Å²) in [6, 6.07) is 13.1. The molecule has 2 unspecified atom stereocenters. The van der Waals surface area contributed by atoms with Crippen molar-refractivity contribution < 1.29 is 57.4 Å². The van der Waals surface area contributed by atoms with Crippen molar-refractivity contribution in [1.29, 1.82) is 0 Å². The molecule has 0 aliphatic heterocycles. The molecule has 0 spiro atoms. The molecule has 0 radical (unpaired) electrons. The van der Waals surface area contributed by atoms with E-state index in [9.17, 15) is 52.7 Å². The fourth-order valence-corrected chi connectivity index (χ4v) is 3.73. The van der Waals surface area contributed by atoms with Crippen molar-refractivity contribution in [3.63, 3.8) is 0 Å². The van der Waals surface area contributed by atoms with Crippen LogP contribution in [0.3, 0.4) is 0 Å². The predicted octanol–water partition coefficient (Wildman–Crippen LogP) is 7.07. The van der Waals surface area contributed by atoms with Crippen LogP contribution in [-0.2, 0) is 25.2 Å². The van der Waals surface area contributed by atoms with Crippen LogP contribution in [0.4, 0.5) is 70.5 Å². The van der Waals surface area contributed by atoms with Crippen LogP contribution in [-0.4, -0.2) is 61.4 Å². The van der Waals surface area contributed by atoms with Gasteiger partial charge in [0.25, 0.3) is 0 Å². The van der Waals surface area contributed by atoms with Gasteiger partial charge < -0.3 is 27.3 Å². The zero-order valence-corrected chi connectivity index (χ0v) is 26.6. The lowest BCUT2D eigenvalue weighted by molar-refractivity contribution is -0.149. The molecule has 0 aliphatic rings. The minimum Gasteiger partial charge on any atom is -0.467 e. The maximum atomic E-state index is 13.2. The highest BCUT2D eigenvalue weighted by atomic mass is 19.4. The average molecular weight is 779 g/mol. The second-order valence-corrected chi connectivity index (χ2v) is 10.3. The first kappa shape index (κ1) is 45.8. The minimum atomic E-state index is -4.95. The minimum absolute atomic E-state index is 0. The zero-order chi connectivity index (χ0) is 39.3. The summed E-state index contributed by atoms with van der Waals surface area (Å²) < 4.78 is 154. The number of hydrogen-bond acceptors (Lipinski definition) is 11. The number of halogens is 12. The molecule has 4 rings (SSSR count). The number of benzene rings is 2. The number of hydrogen-bond donors (Lipinski definition) is 4. The third-order valence-electron chi connectivity index (χ3n) is 6.24. The van der Waals surface area contributed by atoms with E-state index in [1.807, 2.05) is 11.4 Å². The third kappa shape index (κ3) is 16.8. The quantitative estimate of drug-likeness (QED) is 0.128. The summed E-state index contributed by atoms with van der Waals surface area (Å²) in [4.78, 5) is 18.3. The Hall–Kier alpha value is -5.22. The molecule has 53 heavy (non-hydrogen) atoms. The molecule has 7 N–H and O–H groups in total. The predicted molar refractivity (Wildman–Crippen MR) is 169 cm³/mol. The summed E-state index contributed by atoms with van der Waals surface area (Å²) in [5.41, 5.74) is 16.6. The highest BCUT2D eigenvalue weighted by Gasteiger charge is 2.41. The number of alkyl halides is 12. The first-order valence-corrected chi connectivity index (χ1v) is 14.4. The molecule has 11 nitrogen and oxygen atoms in total. The van der Waals surface area contributed by atoms with Crippen molar-refractivity contribution >= 4 is 17.8 Å². The Morgan fingerprint density at radius 3 is 1.45 bits per heavy atom. The van der Waals surface area contributed by atoms with Crippen LogP contribution in [0.15, 0.2) is 60.7 Å². The van der Waals surface area contributed by atoms with Gasteiger partial charge in [0.05, 0.1) is 7.11 Å². The third-order valence-corrected chi connectivity index (χ3v) is 6.24. The van der Waals surface area contributed by atoms with E-state index < -0.39 is 78.7 Å². The Morgan fingerprint density at radius 2 is 1.04 bits per heavy atom. The van der Waals surface area contributed by atoms with Crippen LogP contribution in [0.1, 0.15) is 43.0 Å². The van der Waals surface area contributed by atoms with E-state index in [0.29, 0.717) is 12.0 Å². The summed E-state index contributed by atoms with van der Waals surface area (Å²) >= 11 is 0. The molecular formula is C30H34F12N10O. The molecule has 0 fully saturated rings. The summed E-state index contributed by atoms with van der Waals surface area (Å²) in [6.07, 6.45) is -18.7. The molecule has 0 saturated heterocycles. The fourth-order valence-electron chi connectivity index (χ4n) is 3.73. The lowest BCUT2D eigenvalue weighted by atomic mass is 10.1. The van der Waals surface area contributed by atoms with Gasteiger partial charge in [-0.3, -0.25) is 0 Å². The number of nitrogens with two attached hydrogens (primary N) is 3. The highest BCUT2D eigenvalue weighted by Crippen LogP contribution is 2.30. The molecule has 0 amide bonds. The molecule has 2 aromatic heterocycles. The first-order valence-electron chi connectivity index (χ1n) is 14.4. The number of nitrogens with zero attached hydrogens (tertiary/aromatic N) is 6. The number of nitrogens with one attached hydrogen (secondary N) is 1. The largest absolute Gasteiger partial charge is 0.467 e. The molecule has 2 atom stereocenters. The Bertz CT molecular complexity index is 1660. The topological polar surface area (TPSA) is 177 Å². The van der Waals surface area contributed by atoms with Crippen molar-refractivity contribution in [3.05, 3.63) is 83.4 Å². The number of rotatable bonds is 9. The van der Waals surface area contributed by atoms with Crippen molar-refractivity contribution in [2.24, 2.45) is 5.73 Å². The van der Waals surface area contributed by atoms with Crippen LogP contribution < -0.4 is 27.3 Å². The fraction of sp³-hybridized carbons (Fsp3) is 0.400. The number of aryl methyl sites for hydroxylation is 2. The van der Waals surface area contributed by atoms with Crippen molar-refractivity contribution in [2.45, 2.75) is 69.9 Å². The van der Waals surface area contributed by atoms with E-state index in [4.69, 9.17) is 17.2 Å². The van der Waals surface area contributed by atoms with E-state index in [0.717, 1.165) is 12.7 Å². The maximum absolute atomic E-state index is 13.2. The van der Waals surface area contributed by atoms with Crippen molar-refractivity contribution in [1.82, 2.24) is 29.9 Å². The first-order chi connectivity index (χ1) is 24.0. The Labute approximate surface area is 294 Å². The van der Waals surface area contributed by atoms with Crippen molar-refractivity contribution in [2.75, 3.05) is 23.9 Å². The van der Waals surface area contributed by atoms with Gasteiger partial charge in [-0.2, -0.15) is 82.6 Å². The number of ether oxygens (including phenoxy) is 1. The van der Waals surface area contributed by atoms with Crippen LogP contribution >= 0.6 is 0 Å². The van der Waals surface area contributed by atoms with E-state index in [1.165, 1.54) is 0 Å². The van der Waals surface area contributed by atoms with E-state index >= 15 is 0 Å². The van der Waals surface area contributed by atoms with Gasteiger partial charge in [-0.05, 0) is 36.8 Å². The molecule has 0 saturated carbocycles. The van der Waals surface area contributed by atoms with Gasteiger partial charge in [0.1, 0.15) is 12.1 Å². The molecule has 23 heteroatoms. The van der Waals surface area contributed by atoms with E-state index in [1.54, 1.807) is 54.6 Å². The van der Waals surface area contributed by atoms with E-state index in [-0.39, 0.29) is 20.3 Å². The normalized spacial score (nSPS) is 12.9. The van der Waals surface area contributed by atoms with Crippen LogP contribution in [0, 0.1) is 0 Å². The number of nitrogen functional groups attached to an aromatic ring is 2. The van der Waals surface area contributed by atoms with Crippen molar-refractivity contribution in [3.8, 4) is 6.01 Å². The summed E-state index contributed by atoms with van der Waals surface area (Å²) in [7, 11) is 1.13.